The zero-order valence-corrected chi connectivity index (χ0v) is 22.6. The molecule has 10 heteroatoms. The second-order valence-electron chi connectivity index (χ2n) is 9.02. The first-order chi connectivity index (χ1) is 18.8. The van der Waals surface area contributed by atoms with Gasteiger partial charge in [0.05, 0.1) is 21.5 Å². The van der Waals surface area contributed by atoms with Crippen molar-refractivity contribution in [2.45, 2.75) is 35.3 Å². The number of carbonyl (C=O) groups is 2. The molecule has 39 heavy (non-hydrogen) atoms. The molecule has 0 N–H and O–H groups in total. The fourth-order valence-corrected chi connectivity index (χ4v) is 6.50. The number of benzene rings is 2. The SMILES string of the molecule is CSc1ccnc2c([C@]3(C#N)O[C@H](COC(=O)c4ccccc4)[C@@H](OC(=O)c4ccccc4)[C@@]3(C)F)scc12. The number of nitrogens with zero attached hydrogens (tertiary/aromatic N) is 2. The quantitative estimate of drug-likeness (QED) is 0.201. The topological polar surface area (TPSA) is 98.5 Å². The van der Waals surface area contributed by atoms with E-state index >= 15 is 4.39 Å². The van der Waals surface area contributed by atoms with Crippen molar-refractivity contribution in [2.75, 3.05) is 12.9 Å². The summed E-state index contributed by atoms with van der Waals surface area (Å²) in [4.78, 5) is 31.3. The number of pyridine rings is 1. The van der Waals surface area contributed by atoms with E-state index in [0.29, 0.717) is 11.1 Å². The van der Waals surface area contributed by atoms with Crippen LogP contribution in [-0.2, 0) is 19.8 Å². The smallest absolute Gasteiger partial charge is 0.338 e. The van der Waals surface area contributed by atoms with Gasteiger partial charge in [-0.2, -0.15) is 5.26 Å². The molecular weight excluding hydrogens is 539 g/mol. The lowest BCUT2D eigenvalue weighted by Gasteiger charge is -2.31. The number of alkyl halides is 1. The molecule has 0 unspecified atom stereocenters. The van der Waals surface area contributed by atoms with E-state index in [1.54, 1.807) is 60.1 Å². The van der Waals surface area contributed by atoms with Crippen molar-refractivity contribution >= 4 is 45.9 Å². The third-order valence-corrected chi connectivity index (χ3v) is 8.54. The number of thioether (sulfide) groups is 1. The van der Waals surface area contributed by atoms with Gasteiger partial charge in [-0.3, -0.25) is 4.98 Å². The van der Waals surface area contributed by atoms with Gasteiger partial charge in [-0.25, -0.2) is 14.0 Å². The maximum atomic E-state index is 17.1. The minimum Gasteiger partial charge on any atom is -0.459 e. The molecule has 0 amide bonds. The van der Waals surface area contributed by atoms with Gasteiger partial charge in [-0.05, 0) is 43.5 Å². The minimum atomic E-state index is -2.54. The first kappa shape index (κ1) is 26.8. The molecule has 198 valence electrons. The van der Waals surface area contributed by atoms with Crippen LogP contribution in [-0.4, -0.2) is 47.7 Å². The summed E-state index contributed by atoms with van der Waals surface area (Å²) in [6, 6.07) is 20.3. The van der Waals surface area contributed by atoms with Crippen molar-refractivity contribution < 1.29 is 28.2 Å². The number of hydrogen-bond acceptors (Lipinski definition) is 9. The molecule has 2 aromatic carbocycles. The van der Waals surface area contributed by atoms with Crippen molar-refractivity contribution in [1.82, 2.24) is 4.98 Å². The molecule has 3 heterocycles. The van der Waals surface area contributed by atoms with Crippen LogP contribution in [0.4, 0.5) is 4.39 Å². The number of thiophene rings is 1. The van der Waals surface area contributed by atoms with Crippen molar-refractivity contribution in [3.63, 3.8) is 0 Å². The second-order valence-corrected chi connectivity index (χ2v) is 10.7. The molecule has 4 aromatic rings. The zero-order valence-electron chi connectivity index (χ0n) is 21.0. The molecule has 7 nitrogen and oxygen atoms in total. The highest BCUT2D eigenvalue weighted by molar-refractivity contribution is 7.98. The molecule has 0 aliphatic carbocycles. The summed E-state index contributed by atoms with van der Waals surface area (Å²) in [6.45, 7) is 0.721. The van der Waals surface area contributed by atoms with Gasteiger partial charge in [0.15, 0.2) is 11.8 Å². The lowest BCUT2D eigenvalue weighted by Crippen LogP contribution is -2.49. The average Bonchev–Trinajstić information content (AvgIpc) is 3.49. The van der Waals surface area contributed by atoms with Crippen LogP contribution in [0.5, 0.6) is 0 Å². The van der Waals surface area contributed by atoms with Crippen LogP contribution in [0.3, 0.4) is 0 Å². The van der Waals surface area contributed by atoms with Crippen LogP contribution in [0.15, 0.2) is 83.2 Å². The molecule has 0 spiro atoms. The van der Waals surface area contributed by atoms with Crippen molar-refractivity contribution in [3.05, 3.63) is 94.3 Å². The standard InChI is InChI=1S/C29H23FN2O5S2/c1-28(30)24(36-27(34)19-11-7-4-8-12-19)21(15-35-26(33)18-9-5-3-6-10-18)37-29(28,17-31)25-23-20(16-39-25)22(38-2)13-14-32-23/h3-14,16,21,24H,15H2,1-2H3/t21-,24-,28-,29+/m1/s1. The average molecular weight is 563 g/mol. The maximum absolute atomic E-state index is 17.1. The van der Waals surface area contributed by atoms with E-state index in [1.807, 2.05) is 18.4 Å². The molecule has 1 aliphatic heterocycles. The Labute approximate surface area is 232 Å². The molecule has 5 rings (SSSR count). The Hall–Kier alpha value is -3.78. The van der Waals surface area contributed by atoms with E-state index in [0.717, 1.165) is 21.6 Å². The normalized spacial score (nSPS) is 24.3. The molecule has 0 bridgehead atoms. The van der Waals surface area contributed by atoms with Crippen molar-refractivity contribution in [2.24, 2.45) is 0 Å². The highest BCUT2D eigenvalue weighted by Crippen LogP contribution is 2.54. The second kappa shape index (κ2) is 10.8. The third kappa shape index (κ3) is 4.67. The fraction of sp³-hybridized carbons (Fsp3) is 0.241. The maximum Gasteiger partial charge on any atom is 0.338 e. The molecule has 0 saturated carbocycles. The lowest BCUT2D eigenvalue weighted by molar-refractivity contribution is -0.0688. The molecular formula is C29H23FN2O5S2. The summed E-state index contributed by atoms with van der Waals surface area (Å²) in [7, 11) is 0. The minimum absolute atomic E-state index is 0.204. The third-order valence-electron chi connectivity index (χ3n) is 6.68. The number of ether oxygens (including phenoxy) is 3. The highest BCUT2D eigenvalue weighted by Gasteiger charge is 2.69. The van der Waals surface area contributed by atoms with E-state index in [2.05, 4.69) is 4.98 Å². The van der Waals surface area contributed by atoms with Gasteiger partial charge in [0.25, 0.3) is 0 Å². The molecule has 0 radical (unpaired) electrons. The van der Waals surface area contributed by atoms with Gasteiger partial charge in [0, 0.05) is 21.9 Å². The molecule has 1 aliphatic rings. The number of esters is 2. The molecule has 2 aromatic heterocycles. The summed E-state index contributed by atoms with van der Waals surface area (Å²) in [6.07, 6.45) is 0.648. The van der Waals surface area contributed by atoms with Crippen molar-refractivity contribution in [1.29, 1.82) is 5.26 Å². The summed E-state index contributed by atoms with van der Waals surface area (Å²) < 4.78 is 34.3. The Morgan fingerprint density at radius 1 is 1.10 bits per heavy atom. The first-order valence-corrected chi connectivity index (χ1v) is 14.1. The highest BCUT2D eigenvalue weighted by atomic mass is 32.2. The van der Waals surface area contributed by atoms with E-state index in [1.165, 1.54) is 30.8 Å². The lowest BCUT2D eigenvalue weighted by atomic mass is 9.82. The van der Waals surface area contributed by atoms with Crippen LogP contribution in [0.2, 0.25) is 0 Å². The number of fused-ring (bicyclic) bond motifs is 1. The molecule has 1 saturated heterocycles. The van der Waals surface area contributed by atoms with Gasteiger partial charge >= 0.3 is 11.9 Å². The molecule has 1 fully saturated rings. The van der Waals surface area contributed by atoms with Crippen LogP contribution in [0.25, 0.3) is 10.9 Å². The number of carbonyl (C=O) groups excluding carboxylic acids is 2. The summed E-state index contributed by atoms with van der Waals surface area (Å²) in [5.74, 6) is -1.45. The number of nitriles is 1. The van der Waals surface area contributed by atoms with E-state index in [-0.39, 0.29) is 10.4 Å². The van der Waals surface area contributed by atoms with E-state index in [4.69, 9.17) is 14.2 Å². The Bertz CT molecular complexity index is 1550. The number of halogens is 1. The Morgan fingerprint density at radius 2 is 1.74 bits per heavy atom. The molecule has 4 atom stereocenters. The van der Waals surface area contributed by atoms with Gasteiger partial charge in [0.1, 0.15) is 18.8 Å². The summed E-state index contributed by atoms with van der Waals surface area (Å²) in [5, 5.41) is 13.0. The predicted octanol–water partition coefficient (Wildman–Crippen LogP) is 5.95. The van der Waals surface area contributed by atoms with Gasteiger partial charge in [0.2, 0.25) is 5.60 Å². The van der Waals surface area contributed by atoms with Gasteiger partial charge in [-0.15, -0.1) is 23.1 Å². The van der Waals surface area contributed by atoms with Gasteiger partial charge < -0.3 is 14.2 Å². The van der Waals surface area contributed by atoms with Crippen LogP contribution < -0.4 is 0 Å². The predicted molar refractivity (Wildman–Crippen MR) is 145 cm³/mol. The van der Waals surface area contributed by atoms with Gasteiger partial charge in [-0.1, -0.05) is 36.4 Å². The number of hydrogen-bond donors (Lipinski definition) is 0. The Morgan fingerprint density at radius 3 is 2.36 bits per heavy atom. The van der Waals surface area contributed by atoms with Crippen LogP contribution in [0.1, 0.15) is 32.5 Å². The largest absolute Gasteiger partial charge is 0.459 e. The van der Waals surface area contributed by atoms with Crippen molar-refractivity contribution in [3.8, 4) is 6.07 Å². The Balaban J connectivity index is 1.54. The Kier molecular flexibility index (Phi) is 7.40. The van der Waals surface area contributed by atoms with E-state index in [9.17, 15) is 14.9 Å². The van der Waals surface area contributed by atoms with E-state index < -0.39 is 42.0 Å². The number of aromatic nitrogens is 1. The fourth-order valence-electron chi connectivity index (χ4n) is 4.65. The van der Waals surface area contributed by atoms with Crippen LogP contribution in [0, 0.1) is 11.3 Å². The summed E-state index contributed by atoms with van der Waals surface area (Å²) in [5.41, 5.74) is -3.80. The summed E-state index contributed by atoms with van der Waals surface area (Å²) >= 11 is 2.64. The van der Waals surface area contributed by atoms with Crippen LogP contribution >= 0.6 is 23.1 Å². The zero-order chi connectivity index (χ0) is 27.6. The monoisotopic (exact) mass is 562 g/mol. The number of rotatable bonds is 7. The first-order valence-electron chi connectivity index (χ1n) is 12.0.